The Bertz CT molecular complexity index is 1360. The number of carbonyl (C=O) groups is 1. The number of aromatic nitrogens is 5. The second-order valence-corrected chi connectivity index (χ2v) is 9.67. The van der Waals surface area contributed by atoms with Gasteiger partial charge in [0.1, 0.15) is 0 Å². The number of piperidine rings is 1. The zero-order valence-corrected chi connectivity index (χ0v) is 19.7. The van der Waals surface area contributed by atoms with Gasteiger partial charge in [0.15, 0.2) is 17.3 Å². The minimum atomic E-state index is -4.77. The number of nitrogens with one attached hydrogen (secondary N) is 1. The highest BCUT2D eigenvalue weighted by molar-refractivity contribution is 5.92. The predicted octanol–water partition coefficient (Wildman–Crippen LogP) is 5.39. The van der Waals surface area contributed by atoms with Crippen molar-refractivity contribution in [2.75, 3.05) is 5.32 Å². The molecule has 2 saturated heterocycles. The average molecular weight is 543 g/mol. The van der Waals surface area contributed by atoms with E-state index in [-0.39, 0.29) is 30.0 Å². The predicted molar refractivity (Wildman–Crippen MR) is 118 cm³/mol. The lowest BCUT2D eigenvalue weighted by atomic mass is 9.64. The Hall–Kier alpha value is -3.78. The molecule has 2 bridgehead atoms. The lowest BCUT2D eigenvalue weighted by molar-refractivity contribution is -0.142. The highest BCUT2D eigenvalue weighted by Gasteiger charge is 2.58. The van der Waals surface area contributed by atoms with Crippen molar-refractivity contribution in [3.8, 4) is 11.4 Å². The Kier molecular flexibility index (Phi) is 6.06. The first-order valence-corrected chi connectivity index (χ1v) is 11.5. The zero-order valence-electron chi connectivity index (χ0n) is 19.7. The van der Waals surface area contributed by atoms with Gasteiger partial charge in [-0.3, -0.25) is 0 Å². The van der Waals surface area contributed by atoms with Gasteiger partial charge in [-0.05, 0) is 43.4 Å². The van der Waals surface area contributed by atoms with Crippen LogP contribution in [0.15, 0.2) is 36.8 Å². The standard InChI is InChI=1S/C23H20F7N7O/c1-12-4-15-7-21(6-12,11-36-33-10-18(35-36)23(28,29)30)37(15)20(38)34-14-2-3-17(22(25,26)27)16(5-14)19-31-8-13(24)9-32-19/h2-3,5,8-10,12,15H,4,6-7,11H2,1H3,(H,34,38)/t12-,15?,21?/m0/s1. The van der Waals surface area contributed by atoms with Crippen LogP contribution in [0.2, 0.25) is 0 Å². The fraction of sp³-hybridized carbons (Fsp3) is 0.435. The van der Waals surface area contributed by atoms with Crippen LogP contribution < -0.4 is 5.32 Å². The summed E-state index contributed by atoms with van der Waals surface area (Å²) in [6.07, 6.45) is -5.68. The summed E-state index contributed by atoms with van der Waals surface area (Å²) in [6.45, 7) is 1.90. The van der Waals surface area contributed by atoms with Crippen molar-refractivity contribution < 1.29 is 35.5 Å². The van der Waals surface area contributed by atoms with Crippen LogP contribution in [0.1, 0.15) is 37.4 Å². The van der Waals surface area contributed by atoms with Crippen LogP contribution in [-0.4, -0.2) is 47.5 Å². The molecule has 2 aliphatic heterocycles. The number of hydrogen-bond donors (Lipinski definition) is 1. The topological polar surface area (TPSA) is 88.8 Å². The van der Waals surface area contributed by atoms with Crippen LogP contribution in [0.3, 0.4) is 0 Å². The number of halogens is 7. The van der Waals surface area contributed by atoms with Crippen LogP contribution in [0.25, 0.3) is 11.4 Å². The molecular weight excluding hydrogens is 523 g/mol. The Labute approximate surface area is 210 Å². The van der Waals surface area contributed by atoms with Gasteiger partial charge >= 0.3 is 18.4 Å². The van der Waals surface area contributed by atoms with E-state index >= 15 is 0 Å². The number of nitrogens with zero attached hydrogens (tertiary/aromatic N) is 6. The van der Waals surface area contributed by atoms with Crippen LogP contribution in [0, 0.1) is 11.7 Å². The molecule has 2 amide bonds. The third-order valence-electron chi connectivity index (χ3n) is 6.81. The zero-order chi connectivity index (χ0) is 27.5. The maximum Gasteiger partial charge on any atom is 0.436 e. The Morgan fingerprint density at radius 1 is 1.08 bits per heavy atom. The third kappa shape index (κ3) is 4.76. The Morgan fingerprint density at radius 3 is 2.42 bits per heavy atom. The lowest BCUT2D eigenvalue weighted by Gasteiger charge is -2.63. The molecule has 3 fully saturated rings. The van der Waals surface area contributed by atoms with Crippen molar-refractivity contribution in [1.29, 1.82) is 0 Å². The van der Waals surface area contributed by atoms with Crippen molar-refractivity contribution in [3.63, 3.8) is 0 Å². The Balaban J connectivity index is 1.41. The molecule has 3 aromatic rings. The molecule has 2 unspecified atom stereocenters. The molecule has 8 nitrogen and oxygen atoms in total. The monoisotopic (exact) mass is 543 g/mol. The van der Waals surface area contributed by atoms with Crippen LogP contribution in [0.5, 0.6) is 0 Å². The quantitative estimate of drug-likeness (QED) is 0.446. The van der Waals surface area contributed by atoms with E-state index in [1.165, 1.54) is 4.90 Å². The molecule has 3 aliphatic rings. The van der Waals surface area contributed by atoms with Crippen LogP contribution >= 0.6 is 0 Å². The number of hydrogen-bond acceptors (Lipinski definition) is 5. The molecule has 1 aliphatic carbocycles. The SMILES string of the molecule is C[C@H]1CC2CC(Cn3ncc(C(F)(F)F)n3)(C1)N2C(=O)Nc1ccc(C(F)(F)F)c(-c2ncc(F)cn2)c1. The molecule has 3 atom stereocenters. The van der Waals surface area contributed by atoms with Crippen molar-refractivity contribution >= 4 is 11.7 Å². The molecule has 1 aromatic carbocycles. The molecule has 202 valence electrons. The van der Waals surface area contributed by atoms with Crippen LogP contribution in [0.4, 0.5) is 41.2 Å². The van der Waals surface area contributed by atoms with E-state index in [0.29, 0.717) is 25.5 Å². The highest BCUT2D eigenvalue weighted by atomic mass is 19.4. The molecule has 38 heavy (non-hydrogen) atoms. The Morgan fingerprint density at radius 2 is 1.79 bits per heavy atom. The first kappa shape index (κ1) is 25.9. The van der Waals surface area contributed by atoms with Gasteiger partial charge in [-0.1, -0.05) is 6.92 Å². The number of amides is 2. The largest absolute Gasteiger partial charge is 0.436 e. The summed E-state index contributed by atoms with van der Waals surface area (Å²) < 4.78 is 93.0. The van der Waals surface area contributed by atoms with Crippen molar-refractivity contribution in [3.05, 3.63) is 53.9 Å². The summed E-state index contributed by atoms with van der Waals surface area (Å²) >= 11 is 0. The van der Waals surface area contributed by atoms with E-state index in [1.807, 2.05) is 6.92 Å². The molecule has 6 rings (SSSR count). The number of alkyl halides is 6. The van der Waals surface area contributed by atoms with Gasteiger partial charge in [0.2, 0.25) is 0 Å². The van der Waals surface area contributed by atoms with Crippen molar-refractivity contribution in [2.45, 2.75) is 56.7 Å². The molecule has 4 heterocycles. The number of carbonyl (C=O) groups excluding carboxylic acids is 1. The van der Waals surface area contributed by atoms with E-state index in [1.54, 1.807) is 0 Å². The summed E-state index contributed by atoms with van der Waals surface area (Å²) in [5.41, 5.74) is -3.52. The van der Waals surface area contributed by atoms with E-state index in [4.69, 9.17) is 0 Å². The number of rotatable bonds is 4. The van der Waals surface area contributed by atoms with E-state index in [9.17, 15) is 35.5 Å². The summed E-state index contributed by atoms with van der Waals surface area (Å²) in [4.78, 5) is 23.0. The molecule has 0 radical (unpaired) electrons. The normalized spacial score (nSPS) is 23.2. The van der Waals surface area contributed by atoms with Gasteiger partial charge in [0.25, 0.3) is 0 Å². The maximum absolute atomic E-state index is 13.6. The van der Waals surface area contributed by atoms with Gasteiger partial charge in [-0.25, -0.2) is 19.2 Å². The molecule has 15 heteroatoms. The summed E-state index contributed by atoms with van der Waals surface area (Å²) in [7, 11) is 0. The molecular formula is C23H20F7N7O. The number of fused-ring (bicyclic) bond motifs is 2. The number of anilines is 1. The fourth-order valence-corrected chi connectivity index (χ4v) is 5.51. The molecule has 1 N–H and O–H groups in total. The second kappa shape index (κ2) is 8.91. The lowest BCUT2D eigenvalue weighted by Crippen LogP contribution is -2.73. The van der Waals surface area contributed by atoms with Crippen LogP contribution in [-0.2, 0) is 18.9 Å². The third-order valence-corrected chi connectivity index (χ3v) is 6.81. The average Bonchev–Trinajstić information content (AvgIpc) is 3.27. The van der Waals surface area contributed by atoms with E-state index in [2.05, 4.69) is 25.5 Å². The maximum atomic E-state index is 13.6. The second-order valence-electron chi connectivity index (χ2n) is 9.67. The van der Waals surface area contributed by atoms with E-state index < -0.39 is 46.6 Å². The summed E-state index contributed by atoms with van der Waals surface area (Å²) in [5, 5.41) is 9.81. The van der Waals surface area contributed by atoms with Gasteiger partial charge in [0.05, 0.1) is 36.2 Å². The van der Waals surface area contributed by atoms with Crippen molar-refractivity contribution in [2.24, 2.45) is 5.92 Å². The highest BCUT2D eigenvalue weighted by Crippen LogP contribution is 2.51. The smallest absolute Gasteiger partial charge is 0.314 e. The van der Waals surface area contributed by atoms with Crippen molar-refractivity contribution in [1.82, 2.24) is 29.9 Å². The van der Waals surface area contributed by atoms with Gasteiger partial charge in [0, 0.05) is 17.3 Å². The minimum Gasteiger partial charge on any atom is -0.314 e. The number of urea groups is 1. The van der Waals surface area contributed by atoms with E-state index in [0.717, 1.165) is 35.4 Å². The fourth-order valence-electron chi connectivity index (χ4n) is 5.51. The molecule has 1 saturated carbocycles. The van der Waals surface area contributed by atoms with Gasteiger partial charge < -0.3 is 10.2 Å². The summed E-state index contributed by atoms with van der Waals surface area (Å²) in [6, 6.07) is 2.05. The summed E-state index contributed by atoms with van der Waals surface area (Å²) in [5.74, 6) is -1.03. The first-order valence-electron chi connectivity index (χ1n) is 11.5. The molecule has 2 aromatic heterocycles. The number of benzene rings is 1. The first-order chi connectivity index (χ1) is 17.7. The van der Waals surface area contributed by atoms with Gasteiger partial charge in [-0.2, -0.15) is 36.2 Å². The molecule has 0 spiro atoms. The minimum absolute atomic E-state index is 0.00988. The van der Waals surface area contributed by atoms with Gasteiger partial charge in [-0.15, -0.1) is 5.10 Å².